The number of nitrogens with one attached hydrogen (secondary N) is 1. The van der Waals surface area contributed by atoms with E-state index in [1.807, 2.05) is 25.1 Å². The number of ether oxygens (including phenoxy) is 1. The number of nitrogens with two attached hydrogens (primary N) is 1. The molecule has 0 radical (unpaired) electrons. The summed E-state index contributed by atoms with van der Waals surface area (Å²) in [5, 5.41) is 3.44. The largest absolute Gasteiger partial charge is 0.491 e. The molecule has 0 aromatic heterocycles. The van der Waals surface area contributed by atoms with Crippen LogP contribution in [0.5, 0.6) is 5.75 Å². The molecule has 2 rings (SSSR count). The predicted octanol–water partition coefficient (Wildman–Crippen LogP) is 3.25. The average molecular weight is 305 g/mol. The number of carbonyl (C=O) groups excluding carboxylic acids is 1. The molecule has 0 spiro atoms. The van der Waals surface area contributed by atoms with E-state index in [1.165, 1.54) is 0 Å². The molecule has 0 unspecified atom stereocenters. The minimum Gasteiger partial charge on any atom is -0.491 e. The van der Waals surface area contributed by atoms with E-state index >= 15 is 0 Å². The van der Waals surface area contributed by atoms with Gasteiger partial charge in [-0.25, -0.2) is 0 Å². The normalized spacial score (nSPS) is 10.2. The number of benzene rings is 2. The number of halogens is 1. The van der Waals surface area contributed by atoms with Gasteiger partial charge in [0.1, 0.15) is 0 Å². The van der Waals surface area contributed by atoms with Crippen LogP contribution in [-0.2, 0) is 6.54 Å². The number of hydrogen-bond acceptors (Lipinski definition) is 3. The van der Waals surface area contributed by atoms with E-state index in [1.54, 1.807) is 24.3 Å². The van der Waals surface area contributed by atoms with Gasteiger partial charge in [-0.15, -0.1) is 0 Å². The fourth-order valence-corrected chi connectivity index (χ4v) is 2.15. The molecule has 0 aliphatic rings. The Hall–Kier alpha value is -2.20. The molecule has 2 aromatic carbocycles. The van der Waals surface area contributed by atoms with Crippen LogP contribution in [0.2, 0.25) is 5.02 Å². The molecular weight excluding hydrogens is 288 g/mol. The smallest absolute Gasteiger partial charge is 0.255 e. The minimum atomic E-state index is -0.245. The van der Waals surface area contributed by atoms with Gasteiger partial charge in [-0.3, -0.25) is 4.79 Å². The summed E-state index contributed by atoms with van der Waals surface area (Å²) in [4.78, 5) is 12.3. The Morgan fingerprint density at radius 3 is 2.71 bits per heavy atom. The first-order chi connectivity index (χ1) is 10.1. The van der Waals surface area contributed by atoms with Crippen molar-refractivity contribution in [2.45, 2.75) is 13.5 Å². The van der Waals surface area contributed by atoms with Crippen molar-refractivity contribution in [3.63, 3.8) is 0 Å². The van der Waals surface area contributed by atoms with Crippen molar-refractivity contribution in [3.8, 4) is 5.75 Å². The van der Waals surface area contributed by atoms with E-state index in [0.29, 0.717) is 35.2 Å². The van der Waals surface area contributed by atoms with Crippen molar-refractivity contribution in [1.29, 1.82) is 0 Å². The van der Waals surface area contributed by atoms with Crippen molar-refractivity contribution in [2.75, 3.05) is 12.3 Å². The number of anilines is 1. The topological polar surface area (TPSA) is 64.3 Å². The summed E-state index contributed by atoms with van der Waals surface area (Å²) in [6, 6.07) is 12.5. The fourth-order valence-electron chi connectivity index (χ4n) is 1.95. The molecule has 0 aliphatic heterocycles. The van der Waals surface area contributed by atoms with Gasteiger partial charge in [0.25, 0.3) is 5.91 Å². The van der Waals surface area contributed by atoms with E-state index in [-0.39, 0.29) is 5.91 Å². The average Bonchev–Trinajstić information content (AvgIpc) is 2.48. The molecule has 1 amide bonds. The van der Waals surface area contributed by atoms with Crippen molar-refractivity contribution in [2.24, 2.45) is 0 Å². The third-order valence-corrected chi connectivity index (χ3v) is 3.34. The number of hydrogen-bond donors (Lipinski definition) is 2. The highest BCUT2D eigenvalue weighted by atomic mass is 35.5. The molecule has 0 heterocycles. The maximum Gasteiger partial charge on any atom is 0.255 e. The van der Waals surface area contributed by atoms with Crippen LogP contribution in [0.25, 0.3) is 0 Å². The van der Waals surface area contributed by atoms with Crippen LogP contribution in [0.3, 0.4) is 0 Å². The first-order valence-corrected chi connectivity index (χ1v) is 7.04. The van der Waals surface area contributed by atoms with Crippen LogP contribution in [0.4, 0.5) is 5.69 Å². The Morgan fingerprint density at radius 1 is 1.24 bits per heavy atom. The summed E-state index contributed by atoms with van der Waals surface area (Å²) >= 11 is 6.06. The standard InChI is InChI=1S/C16H17ClN2O2/c1-2-21-15-12(7-5-9-14(15)18)16(20)19-10-11-6-3-4-8-13(11)17/h3-9H,2,10,18H2,1H3,(H,19,20). The lowest BCUT2D eigenvalue weighted by molar-refractivity contribution is 0.0947. The number of nitrogen functional groups attached to an aromatic ring is 1. The highest BCUT2D eigenvalue weighted by Crippen LogP contribution is 2.26. The summed E-state index contributed by atoms with van der Waals surface area (Å²) in [5.41, 5.74) is 7.57. The van der Waals surface area contributed by atoms with E-state index in [4.69, 9.17) is 22.1 Å². The van der Waals surface area contributed by atoms with E-state index in [9.17, 15) is 4.79 Å². The van der Waals surface area contributed by atoms with Crippen molar-refractivity contribution < 1.29 is 9.53 Å². The van der Waals surface area contributed by atoms with Crippen LogP contribution in [0, 0.1) is 0 Å². The quantitative estimate of drug-likeness (QED) is 0.833. The molecule has 0 saturated heterocycles. The summed E-state index contributed by atoms with van der Waals surface area (Å²) < 4.78 is 5.45. The van der Waals surface area contributed by atoms with Crippen molar-refractivity contribution in [1.82, 2.24) is 5.32 Å². The minimum absolute atomic E-state index is 0.245. The van der Waals surface area contributed by atoms with Crippen LogP contribution in [0.15, 0.2) is 42.5 Å². The van der Waals surface area contributed by atoms with Gasteiger partial charge < -0.3 is 15.8 Å². The molecule has 110 valence electrons. The second-order valence-corrected chi connectivity index (χ2v) is 4.84. The molecule has 0 aliphatic carbocycles. The van der Waals surface area contributed by atoms with Crippen molar-refractivity contribution >= 4 is 23.2 Å². The van der Waals surface area contributed by atoms with Crippen LogP contribution >= 0.6 is 11.6 Å². The second kappa shape index (κ2) is 6.99. The lowest BCUT2D eigenvalue weighted by Crippen LogP contribution is -2.24. The Labute approximate surface area is 128 Å². The first-order valence-electron chi connectivity index (χ1n) is 6.66. The molecule has 5 heteroatoms. The lowest BCUT2D eigenvalue weighted by atomic mass is 10.1. The van der Waals surface area contributed by atoms with Gasteiger partial charge in [0, 0.05) is 11.6 Å². The number of amides is 1. The van der Waals surface area contributed by atoms with E-state index in [2.05, 4.69) is 5.32 Å². The number of carbonyl (C=O) groups is 1. The van der Waals surface area contributed by atoms with Crippen molar-refractivity contribution in [3.05, 3.63) is 58.6 Å². The van der Waals surface area contributed by atoms with Crippen LogP contribution in [-0.4, -0.2) is 12.5 Å². The fraction of sp³-hybridized carbons (Fsp3) is 0.188. The maximum atomic E-state index is 12.3. The Balaban J connectivity index is 2.14. The Bertz CT molecular complexity index is 644. The zero-order valence-electron chi connectivity index (χ0n) is 11.7. The van der Waals surface area contributed by atoms with Gasteiger partial charge in [0.2, 0.25) is 0 Å². The zero-order valence-corrected chi connectivity index (χ0v) is 12.5. The third kappa shape index (κ3) is 3.67. The zero-order chi connectivity index (χ0) is 15.2. The summed E-state index contributed by atoms with van der Waals surface area (Å²) in [7, 11) is 0. The lowest BCUT2D eigenvalue weighted by Gasteiger charge is -2.13. The van der Waals surface area contributed by atoms with Crippen LogP contribution < -0.4 is 15.8 Å². The van der Waals surface area contributed by atoms with Gasteiger partial charge in [-0.1, -0.05) is 35.9 Å². The summed E-state index contributed by atoms with van der Waals surface area (Å²) in [5.74, 6) is 0.169. The molecule has 0 bridgehead atoms. The van der Waals surface area contributed by atoms with E-state index in [0.717, 1.165) is 5.56 Å². The van der Waals surface area contributed by atoms with E-state index < -0.39 is 0 Å². The Morgan fingerprint density at radius 2 is 2.00 bits per heavy atom. The molecule has 2 aromatic rings. The molecule has 0 saturated carbocycles. The van der Waals surface area contributed by atoms with Gasteiger partial charge in [0.05, 0.1) is 17.9 Å². The first kappa shape index (κ1) is 15.2. The molecule has 3 N–H and O–H groups in total. The number of para-hydroxylation sites is 1. The third-order valence-electron chi connectivity index (χ3n) is 2.98. The molecular formula is C16H17ClN2O2. The summed E-state index contributed by atoms with van der Waals surface area (Å²) in [6.45, 7) is 2.63. The van der Waals surface area contributed by atoms with Gasteiger partial charge >= 0.3 is 0 Å². The monoisotopic (exact) mass is 304 g/mol. The maximum absolute atomic E-state index is 12.3. The number of rotatable bonds is 5. The highest BCUT2D eigenvalue weighted by molar-refractivity contribution is 6.31. The van der Waals surface area contributed by atoms with Gasteiger partial charge in [-0.2, -0.15) is 0 Å². The second-order valence-electron chi connectivity index (χ2n) is 4.43. The summed E-state index contributed by atoms with van der Waals surface area (Å²) in [6.07, 6.45) is 0. The van der Waals surface area contributed by atoms with Gasteiger partial charge in [0.15, 0.2) is 5.75 Å². The highest BCUT2D eigenvalue weighted by Gasteiger charge is 2.14. The van der Waals surface area contributed by atoms with Crippen LogP contribution in [0.1, 0.15) is 22.8 Å². The molecule has 0 atom stereocenters. The molecule has 21 heavy (non-hydrogen) atoms. The SMILES string of the molecule is CCOc1c(N)cccc1C(=O)NCc1ccccc1Cl. The molecule has 4 nitrogen and oxygen atoms in total. The Kier molecular flexibility index (Phi) is 5.06. The predicted molar refractivity (Wildman–Crippen MR) is 84.6 cm³/mol. The van der Waals surface area contributed by atoms with Gasteiger partial charge in [-0.05, 0) is 30.7 Å². The molecule has 0 fully saturated rings.